The van der Waals surface area contributed by atoms with Crippen LogP contribution >= 0.6 is 11.3 Å². The van der Waals surface area contributed by atoms with Crippen LogP contribution in [0.4, 0.5) is 0 Å². The molecule has 1 saturated carbocycles. The fourth-order valence-electron chi connectivity index (χ4n) is 2.56. The highest BCUT2D eigenvalue weighted by Crippen LogP contribution is 2.29. The van der Waals surface area contributed by atoms with Gasteiger partial charge in [0.25, 0.3) is 0 Å². The van der Waals surface area contributed by atoms with Crippen LogP contribution in [0, 0.1) is 11.8 Å². The zero-order valence-electron chi connectivity index (χ0n) is 10.3. The molecule has 3 heteroatoms. The van der Waals surface area contributed by atoms with E-state index < -0.39 is 0 Å². The minimum absolute atomic E-state index is 0.721. The Bertz CT molecular complexity index is 287. The van der Waals surface area contributed by atoms with Gasteiger partial charge in [-0.25, -0.2) is 4.98 Å². The smallest absolute Gasteiger partial charge is 0.106 e. The summed E-state index contributed by atoms with van der Waals surface area (Å²) in [6, 6.07) is 0.721. The van der Waals surface area contributed by atoms with Crippen LogP contribution in [0.25, 0.3) is 0 Å². The molecule has 0 spiro atoms. The number of hydrogen-bond acceptors (Lipinski definition) is 3. The average Bonchev–Trinajstić information content (AvgIpc) is 2.80. The average molecular weight is 238 g/mol. The minimum atomic E-state index is 0.721. The molecule has 0 unspecified atom stereocenters. The minimum Gasteiger partial charge on any atom is -0.308 e. The summed E-state index contributed by atoms with van der Waals surface area (Å²) in [6.07, 6.45) is 7.36. The second kappa shape index (κ2) is 5.78. The molecule has 1 fully saturated rings. The molecule has 0 radical (unpaired) electrons. The molecule has 0 aliphatic heterocycles. The highest BCUT2D eigenvalue weighted by molar-refractivity contribution is 7.09. The molecule has 0 amide bonds. The Hall–Kier alpha value is -0.410. The van der Waals surface area contributed by atoms with Gasteiger partial charge in [-0.3, -0.25) is 0 Å². The molecule has 90 valence electrons. The zero-order chi connectivity index (χ0) is 11.4. The number of nitrogens with one attached hydrogen (secondary N) is 1. The Morgan fingerprint density at radius 3 is 2.69 bits per heavy atom. The third-order valence-corrected chi connectivity index (χ3v) is 4.52. The van der Waals surface area contributed by atoms with Crippen LogP contribution in [-0.4, -0.2) is 11.0 Å². The SMILES string of the molecule is CC(C)C1CCC(NCc2nccs2)CC1. The van der Waals surface area contributed by atoms with Gasteiger partial charge in [0.15, 0.2) is 0 Å². The van der Waals surface area contributed by atoms with Crippen molar-refractivity contribution in [3.8, 4) is 0 Å². The zero-order valence-corrected chi connectivity index (χ0v) is 11.1. The van der Waals surface area contributed by atoms with E-state index in [2.05, 4.69) is 24.1 Å². The van der Waals surface area contributed by atoms with Gasteiger partial charge in [-0.15, -0.1) is 11.3 Å². The van der Waals surface area contributed by atoms with Crippen LogP contribution in [0.3, 0.4) is 0 Å². The van der Waals surface area contributed by atoms with Crippen LogP contribution in [-0.2, 0) is 6.54 Å². The van der Waals surface area contributed by atoms with Gasteiger partial charge in [0.05, 0.1) is 0 Å². The van der Waals surface area contributed by atoms with Gasteiger partial charge in [0, 0.05) is 24.2 Å². The highest BCUT2D eigenvalue weighted by Gasteiger charge is 2.22. The maximum Gasteiger partial charge on any atom is 0.106 e. The quantitative estimate of drug-likeness (QED) is 0.869. The molecule has 0 aromatic carbocycles. The summed E-state index contributed by atoms with van der Waals surface area (Å²) in [5.74, 6) is 1.82. The van der Waals surface area contributed by atoms with Crippen LogP contribution in [0.5, 0.6) is 0 Å². The summed E-state index contributed by atoms with van der Waals surface area (Å²) in [5, 5.41) is 6.89. The molecule has 2 nitrogen and oxygen atoms in total. The van der Waals surface area contributed by atoms with Gasteiger partial charge in [-0.1, -0.05) is 13.8 Å². The van der Waals surface area contributed by atoms with E-state index in [1.54, 1.807) is 11.3 Å². The first-order valence-corrected chi connectivity index (χ1v) is 7.25. The molecule has 1 aromatic heterocycles. The van der Waals surface area contributed by atoms with Gasteiger partial charge >= 0.3 is 0 Å². The number of thiazole rings is 1. The Balaban J connectivity index is 1.69. The lowest BCUT2D eigenvalue weighted by Gasteiger charge is -2.31. The first-order valence-electron chi connectivity index (χ1n) is 6.37. The lowest BCUT2D eigenvalue weighted by Crippen LogP contribution is -2.33. The van der Waals surface area contributed by atoms with E-state index in [0.717, 1.165) is 24.4 Å². The largest absolute Gasteiger partial charge is 0.308 e. The molecule has 1 aromatic rings. The second-order valence-electron chi connectivity index (χ2n) is 5.16. The van der Waals surface area contributed by atoms with Gasteiger partial charge < -0.3 is 5.32 Å². The van der Waals surface area contributed by atoms with E-state index in [4.69, 9.17) is 0 Å². The van der Waals surface area contributed by atoms with Crippen molar-refractivity contribution in [3.05, 3.63) is 16.6 Å². The number of rotatable bonds is 4. The van der Waals surface area contributed by atoms with Gasteiger partial charge in [0.1, 0.15) is 5.01 Å². The summed E-state index contributed by atoms with van der Waals surface area (Å²) in [4.78, 5) is 4.30. The maximum atomic E-state index is 4.30. The Kier molecular flexibility index (Phi) is 4.36. The third kappa shape index (κ3) is 3.29. The molecule has 0 bridgehead atoms. The summed E-state index contributed by atoms with van der Waals surface area (Å²) in [6.45, 7) is 5.66. The van der Waals surface area contributed by atoms with Crippen molar-refractivity contribution in [3.63, 3.8) is 0 Å². The van der Waals surface area contributed by atoms with Crippen molar-refractivity contribution in [1.29, 1.82) is 0 Å². The normalized spacial score (nSPS) is 26.2. The van der Waals surface area contributed by atoms with Crippen molar-refractivity contribution < 1.29 is 0 Å². The second-order valence-corrected chi connectivity index (χ2v) is 6.14. The summed E-state index contributed by atoms with van der Waals surface area (Å²) >= 11 is 1.74. The molecule has 1 aliphatic carbocycles. The number of aromatic nitrogens is 1. The molecular formula is C13H22N2S. The van der Waals surface area contributed by atoms with Crippen LogP contribution in [0.1, 0.15) is 44.5 Å². The molecule has 0 atom stereocenters. The lowest BCUT2D eigenvalue weighted by molar-refractivity contribution is 0.238. The van der Waals surface area contributed by atoms with E-state index in [9.17, 15) is 0 Å². The Labute approximate surface area is 102 Å². The lowest BCUT2D eigenvalue weighted by atomic mass is 9.80. The molecule has 1 N–H and O–H groups in total. The summed E-state index contributed by atoms with van der Waals surface area (Å²) < 4.78 is 0. The van der Waals surface area contributed by atoms with Crippen molar-refractivity contribution >= 4 is 11.3 Å². The van der Waals surface area contributed by atoms with Crippen molar-refractivity contribution in [2.24, 2.45) is 11.8 Å². The van der Waals surface area contributed by atoms with Gasteiger partial charge in [0.2, 0.25) is 0 Å². The predicted molar refractivity (Wildman–Crippen MR) is 69.5 cm³/mol. The molecular weight excluding hydrogens is 216 g/mol. The van der Waals surface area contributed by atoms with E-state index >= 15 is 0 Å². The first-order chi connectivity index (χ1) is 7.75. The van der Waals surface area contributed by atoms with Crippen molar-refractivity contribution in [2.75, 3.05) is 0 Å². The maximum absolute atomic E-state index is 4.30. The van der Waals surface area contributed by atoms with Gasteiger partial charge in [-0.2, -0.15) is 0 Å². The van der Waals surface area contributed by atoms with Crippen LogP contribution < -0.4 is 5.32 Å². The standard InChI is InChI=1S/C13H22N2S/c1-10(2)11-3-5-12(6-4-11)15-9-13-14-7-8-16-13/h7-8,10-12,15H,3-6,9H2,1-2H3. The predicted octanol–water partition coefficient (Wildman–Crippen LogP) is 3.45. The van der Waals surface area contributed by atoms with Gasteiger partial charge in [-0.05, 0) is 37.5 Å². The molecule has 1 aliphatic rings. The first kappa shape index (κ1) is 12.1. The van der Waals surface area contributed by atoms with E-state index in [1.807, 2.05) is 11.6 Å². The summed E-state index contributed by atoms with van der Waals surface area (Å²) in [5.41, 5.74) is 0. The number of hydrogen-bond donors (Lipinski definition) is 1. The Morgan fingerprint density at radius 1 is 1.38 bits per heavy atom. The van der Waals surface area contributed by atoms with Crippen LogP contribution in [0.15, 0.2) is 11.6 Å². The molecule has 2 rings (SSSR count). The van der Waals surface area contributed by atoms with E-state index in [-0.39, 0.29) is 0 Å². The molecule has 16 heavy (non-hydrogen) atoms. The fourth-order valence-corrected chi connectivity index (χ4v) is 3.13. The van der Waals surface area contributed by atoms with E-state index in [1.165, 1.54) is 30.7 Å². The highest BCUT2D eigenvalue weighted by atomic mass is 32.1. The topological polar surface area (TPSA) is 24.9 Å². The van der Waals surface area contributed by atoms with Crippen LogP contribution in [0.2, 0.25) is 0 Å². The molecule has 0 saturated heterocycles. The van der Waals surface area contributed by atoms with E-state index in [0.29, 0.717) is 0 Å². The van der Waals surface area contributed by atoms with Crippen molar-refractivity contribution in [1.82, 2.24) is 10.3 Å². The fraction of sp³-hybridized carbons (Fsp3) is 0.769. The third-order valence-electron chi connectivity index (χ3n) is 3.74. The Morgan fingerprint density at radius 2 is 2.12 bits per heavy atom. The number of nitrogens with zero attached hydrogens (tertiary/aromatic N) is 1. The summed E-state index contributed by atoms with van der Waals surface area (Å²) in [7, 11) is 0. The molecule has 1 heterocycles. The monoisotopic (exact) mass is 238 g/mol. The van der Waals surface area contributed by atoms with Crippen molar-refractivity contribution in [2.45, 2.75) is 52.1 Å².